The minimum atomic E-state index is -0.810. The molecule has 0 saturated carbocycles. The van der Waals surface area contributed by atoms with E-state index in [-0.39, 0.29) is 177 Å². The van der Waals surface area contributed by atoms with Crippen LogP contribution in [0.2, 0.25) is 0 Å². The van der Waals surface area contributed by atoms with Gasteiger partial charge >= 0.3 is 0 Å². The Balaban J connectivity index is -0.000000385. The summed E-state index contributed by atoms with van der Waals surface area (Å²) in [6, 6.07) is 0. The molecule has 0 aliphatic rings. The van der Waals surface area contributed by atoms with Crippen LogP contribution in [-0.4, -0.2) is 163 Å². The molecule has 0 saturated heterocycles. The van der Waals surface area contributed by atoms with Crippen LogP contribution in [0, 0.1) is 10.8 Å². The first kappa shape index (κ1) is 56.3. The fraction of sp³-hybridized carbons (Fsp3) is 1.00. The summed E-state index contributed by atoms with van der Waals surface area (Å²) in [5.41, 5.74) is -1.62. The molecule has 6 N–H and O–H groups in total. The van der Waals surface area contributed by atoms with Crippen molar-refractivity contribution in [1.82, 2.24) is 0 Å². The smallest absolute Gasteiger partial charge is 0.0698 e. The van der Waals surface area contributed by atoms with Gasteiger partial charge in [-0.15, -0.1) is 0 Å². The van der Waals surface area contributed by atoms with Gasteiger partial charge in [-0.3, -0.25) is 0 Å². The molecule has 0 atom stereocenters. The maximum Gasteiger partial charge on any atom is 0.0698 e. The van der Waals surface area contributed by atoms with Crippen molar-refractivity contribution in [3.05, 3.63) is 0 Å². The first-order valence-corrected chi connectivity index (χ1v) is 11.8. The van der Waals surface area contributed by atoms with E-state index in [1.165, 1.54) is 0 Å². The first-order valence-electron chi connectivity index (χ1n) is 11.8. The summed E-state index contributed by atoms with van der Waals surface area (Å²) in [7, 11) is 0. The highest BCUT2D eigenvalue weighted by atomic mass is 16.5. The van der Waals surface area contributed by atoms with Crippen molar-refractivity contribution >= 4 is 0 Å². The molecule has 0 spiro atoms. The van der Waals surface area contributed by atoms with Crippen molar-refractivity contribution in [3.8, 4) is 0 Å². The van der Waals surface area contributed by atoms with Crippen LogP contribution in [0.5, 0.6) is 0 Å². The predicted octanol–water partition coefficient (Wildman–Crippen LogP) is 0.846. The molecule has 260 valence electrons. The monoisotopic (exact) mass is 614 g/mol. The molecule has 0 unspecified atom stereocenters. The van der Waals surface area contributed by atoms with E-state index in [1.54, 1.807) is 0 Å². The summed E-state index contributed by atoms with van der Waals surface area (Å²) in [5.74, 6) is 0. The van der Waals surface area contributed by atoms with Crippen molar-refractivity contribution in [2.75, 3.05) is 132 Å². The molecule has 0 radical (unpaired) electrons. The molecule has 0 aliphatic carbocycles. The van der Waals surface area contributed by atoms with Crippen LogP contribution in [-0.2, 0) is 33.2 Å². The molecule has 13 nitrogen and oxygen atoms in total. The summed E-state index contributed by atoms with van der Waals surface area (Å²) in [4.78, 5) is 0. The van der Waals surface area contributed by atoms with Crippen molar-refractivity contribution in [2.24, 2.45) is 10.8 Å². The maximum absolute atomic E-state index is 9.10. The van der Waals surface area contributed by atoms with Gasteiger partial charge < -0.3 is 63.8 Å². The average Bonchev–Trinajstić information content (AvgIpc) is 2.85. The molecule has 0 amide bonds. The molecule has 0 bridgehead atoms. The lowest BCUT2D eigenvalue weighted by molar-refractivity contribution is -0.147. The minimum absolute atomic E-state index is 0. The van der Waals surface area contributed by atoms with Crippen LogP contribution < -0.4 is 0 Å². The lowest BCUT2D eigenvalue weighted by atomic mass is 9.90. The SMILES string of the molecule is C.C.C.C.C.C.OCCOCC(COCCO)(COCCO)COCC(COCCO)(COCCO)COCCO. The maximum atomic E-state index is 9.10. The Morgan fingerprint density at radius 1 is 0.268 bits per heavy atom. The zero-order chi connectivity index (χ0) is 26.1. The van der Waals surface area contributed by atoms with E-state index in [1.807, 2.05) is 0 Å². The van der Waals surface area contributed by atoms with Gasteiger partial charge in [-0.1, -0.05) is 44.6 Å². The zero-order valence-electron chi connectivity index (χ0n) is 20.7. The zero-order valence-corrected chi connectivity index (χ0v) is 20.7. The Hall–Kier alpha value is -0.520. The van der Waals surface area contributed by atoms with E-state index in [9.17, 15) is 0 Å². The summed E-state index contributed by atoms with van der Waals surface area (Å²) < 4.78 is 39.4. The third-order valence-corrected chi connectivity index (χ3v) is 4.68. The molecule has 13 heteroatoms. The Kier molecular flexibility index (Phi) is 54.2. The summed E-state index contributed by atoms with van der Waals surface area (Å²) >= 11 is 0. The van der Waals surface area contributed by atoms with Crippen molar-refractivity contribution in [2.45, 2.75) is 44.6 Å². The number of rotatable bonds is 28. The topological polar surface area (TPSA) is 186 Å². The second kappa shape index (κ2) is 39.5. The van der Waals surface area contributed by atoms with Gasteiger partial charge in [-0.25, -0.2) is 0 Å². The molecule has 0 rings (SSSR count). The second-order valence-corrected chi connectivity index (χ2v) is 8.15. The van der Waals surface area contributed by atoms with E-state index < -0.39 is 10.8 Å². The molecular weight excluding hydrogens is 544 g/mol. The van der Waals surface area contributed by atoms with Gasteiger partial charge in [0.25, 0.3) is 0 Å². The van der Waals surface area contributed by atoms with Gasteiger partial charge in [0, 0.05) is 0 Å². The predicted molar refractivity (Wildman–Crippen MR) is 163 cm³/mol. The third kappa shape index (κ3) is 29.3. The summed E-state index contributed by atoms with van der Waals surface area (Å²) in [6.45, 7) is 0.562. The lowest BCUT2D eigenvalue weighted by Gasteiger charge is -2.36. The van der Waals surface area contributed by atoms with Crippen LogP contribution in [0.1, 0.15) is 44.6 Å². The quantitative estimate of drug-likeness (QED) is 0.0682. The molecule has 0 aromatic carbocycles. The van der Waals surface area contributed by atoms with Crippen LogP contribution >= 0.6 is 0 Å². The van der Waals surface area contributed by atoms with Crippen molar-refractivity contribution < 1.29 is 63.8 Å². The number of ether oxygens (including phenoxy) is 7. The Labute approximate surface area is 251 Å². The molecule has 0 aliphatic heterocycles. The van der Waals surface area contributed by atoms with E-state index in [2.05, 4.69) is 0 Å². The standard InChI is InChI=1S/C22H46O13.6CH4/c23-1-7-29-13-21(14-30-8-2-24,15-31-9-3-25)19-35-20-22(16-32-10-4-26,17-33-11-5-27)18-34-12-6-28;;;;;;/h23-28H,1-20H2;6*1H4. The number of aliphatic hydroxyl groups is 6. The van der Waals surface area contributed by atoms with Gasteiger partial charge in [0.2, 0.25) is 0 Å². The fourth-order valence-electron chi connectivity index (χ4n) is 3.10. The van der Waals surface area contributed by atoms with E-state index in [4.69, 9.17) is 63.8 Å². The van der Waals surface area contributed by atoms with Gasteiger partial charge in [0.15, 0.2) is 0 Å². The van der Waals surface area contributed by atoms with Crippen LogP contribution in [0.4, 0.5) is 0 Å². The Bertz CT molecular complexity index is 354. The van der Waals surface area contributed by atoms with Crippen molar-refractivity contribution in [3.63, 3.8) is 0 Å². The highest BCUT2D eigenvalue weighted by molar-refractivity contribution is 4.83. The number of aliphatic hydroxyl groups excluding tert-OH is 6. The minimum Gasteiger partial charge on any atom is -0.394 e. The van der Waals surface area contributed by atoms with Gasteiger partial charge in [0.1, 0.15) is 0 Å². The molecule has 0 aromatic rings. The molecule has 41 heavy (non-hydrogen) atoms. The molecule has 0 heterocycles. The summed E-state index contributed by atoms with van der Waals surface area (Å²) in [6.07, 6.45) is 0. The van der Waals surface area contributed by atoms with Crippen molar-refractivity contribution in [1.29, 1.82) is 0 Å². The number of hydrogen-bond donors (Lipinski definition) is 6. The van der Waals surface area contributed by atoms with Crippen LogP contribution in [0.15, 0.2) is 0 Å². The molecule has 0 aromatic heterocycles. The highest BCUT2D eigenvalue weighted by Crippen LogP contribution is 2.25. The normalized spacial score (nSPS) is 10.7. The molecular formula is C28H70O13. The molecule has 0 fully saturated rings. The third-order valence-electron chi connectivity index (χ3n) is 4.68. The first-order chi connectivity index (χ1) is 17.1. The van der Waals surface area contributed by atoms with Gasteiger partial charge in [-0.05, 0) is 0 Å². The van der Waals surface area contributed by atoms with Gasteiger partial charge in [-0.2, -0.15) is 0 Å². The largest absolute Gasteiger partial charge is 0.394 e. The lowest BCUT2D eigenvalue weighted by Crippen LogP contribution is -2.46. The number of hydrogen-bond acceptors (Lipinski definition) is 13. The van der Waals surface area contributed by atoms with E-state index in [0.29, 0.717) is 0 Å². The average molecular weight is 615 g/mol. The van der Waals surface area contributed by atoms with E-state index in [0.717, 1.165) is 0 Å². The second-order valence-electron chi connectivity index (χ2n) is 8.15. The van der Waals surface area contributed by atoms with Crippen LogP contribution in [0.3, 0.4) is 0 Å². The van der Waals surface area contributed by atoms with E-state index >= 15 is 0 Å². The Morgan fingerprint density at radius 2 is 0.415 bits per heavy atom. The fourth-order valence-corrected chi connectivity index (χ4v) is 3.10. The highest BCUT2D eigenvalue weighted by Gasteiger charge is 2.36. The Morgan fingerprint density at radius 3 is 0.561 bits per heavy atom. The van der Waals surface area contributed by atoms with Gasteiger partial charge in [0.05, 0.1) is 143 Å². The summed E-state index contributed by atoms with van der Waals surface area (Å²) in [5, 5.41) is 54.6. The van der Waals surface area contributed by atoms with Crippen LogP contribution in [0.25, 0.3) is 0 Å².